The van der Waals surface area contributed by atoms with Crippen LogP contribution in [0.2, 0.25) is 0 Å². The average molecular weight is 279 g/mol. The molecule has 0 radical (unpaired) electrons. The lowest BCUT2D eigenvalue weighted by atomic mass is 10.1. The Bertz CT molecular complexity index is 423. The summed E-state index contributed by atoms with van der Waals surface area (Å²) in [5, 5.41) is 11.1. The fourth-order valence-corrected chi connectivity index (χ4v) is 2.61. The van der Waals surface area contributed by atoms with Crippen LogP contribution in [-0.2, 0) is 11.3 Å². The third kappa shape index (κ3) is 4.30. The number of aromatic nitrogens is 3. The zero-order chi connectivity index (χ0) is 14.4. The van der Waals surface area contributed by atoms with Crippen molar-refractivity contribution in [3.8, 4) is 0 Å². The number of nitrogens with one attached hydrogen (secondary N) is 1. The van der Waals surface area contributed by atoms with Gasteiger partial charge in [-0.15, -0.1) is 5.10 Å². The molecule has 1 fully saturated rings. The third-order valence-electron chi connectivity index (χ3n) is 3.90. The SMILES string of the molecule is CCC(N)c1cn(CC(=O)NC2CCCCCC2)nn1. The Hall–Kier alpha value is -1.43. The van der Waals surface area contributed by atoms with Gasteiger partial charge in [0.15, 0.2) is 0 Å². The number of rotatable bonds is 5. The van der Waals surface area contributed by atoms with Crippen molar-refractivity contribution in [1.82, 2.24) is 20.3 Å². The molecule has 1 aromatic rings. The number of carbonyl (C=O) groups is 1. The molecule has 1 unspecified atom stereocenters. The lowest BCUT2D eigenvalue weighted by Crippen LogP contribution is -2.36. The second-order valence-electron chi connectivity index (χ2n) is 5.61. The number of hydrogen-bond acceptors (Lipinski definition) is 4. The van der Waals surface area contributed by atoms with E-state index in [0.717, 1.165) is 25.0 Å². The van der Waals surface area contributed by atoms with Crippen LogP contribution in [0.5, 0.6) is 0 Å². The molecule has 0 aliphatic heterocycles. The highest BCUT2D eigenvalue weighted by Gasteiger charge is 2.16. The second-order valence-corrected chi connectivity index (χ2v) is 5.61. The highest BCUT2D eigenvalue weighted by atomic mass is 16.2. The first-order valence-corrected chi connectivity index (χ1v) is 7.64. The normalized spacial score (nSPS) is 18.5. The van der Waals surface area contributed by atoms with E-state index in [0.29, 0.717) is 6.04 Å². The molecule has 1 aliphatic carbocycles. The Kier molecular flexibility index (Phi) is 5.52. The molecule has 6 nitrogen and oxygen atoms in total. The summed E-state index contributed by atoms with van der Waals surface area (Å²) >= 11 is 0. The van der Waals surface area contributed by atoms with Crippen molar-refractivity contribution in [2.75, 3.05) is 0 Å². The number of hydrogen-bond donors (Lipinski definition) is 2. The molecular weight excluding hydrogens is 254 g/mol. The summed E-state index contributed by atoms with van der Waals surface area (Å²) in [5.41, 5.74) is 6.63. The van der Waals surface area contributed by atoms with Crippen LogP contribution >= 0.6 is 0 Å². The summed E-state index contributed by atoms with van der Waals surface area (Å²) in [7, 11) is 0. The summed E-state index contributed by atoms with van der Waals surface area (Å²) in [6, 6.07) is 0.222. The van der Waals surface area contributed by atoms with Crippen molar-refractivity contribution in [1.29, 1.82) is 0 Å². The van der Waals surface area contributed by atoms with Gasteiger partial charge in [0.25, 0.3) is 0 Å². The van der Waals surface area contributed by atoms with Crippen molar-refractivity contribution in [3.05, 3.63) is 11.9 Å². The maximum atomic E-state index is 12.0. The van der Waals surface area contributed by atoms with Crippen molar-refractivity contribution in [2.45, 2.75) is 70.5 Å². The van der Waals surface area contributed by atoms with Gasteiger partial charge in [-0.2, -0.15) is 0 Å². The molecule has 1 atom stereocenters. The zero-order valence-electron chi connectivity index (χ0n) is 12.2. The molecule has 2 rings (SSSR count). The number of carbonyl (C=O) groups excluding carboxylic acids is 1. The van der Waals surface area contributed by atoms with Gasteiger partial charge in [0.05, 0.1) is 17.9 Å². The molecule has 6 heteroatoms. The zero-order valence-corrected chi connectivity index (χ0v) is 12.2. The number of amides is 1. The first-order chi connectivity index (χ1) is 9.69. The van der Waals surface area contributed by atoms with Crippen LogP contribution in [0, 0.1) is 0 Å². The molecular formula is C14H25N5O. The van der Waals surface area contributed by atoms with Crippen LogP contribution in [0.15, 0.2) is 6.20 Å². The van der Waals surface area contributed by atoms with E-state index in [9.17, 15) is 4.79 Å². The molecule has 1 aliphatic rings. The van der Waals surface area contributed by atoms with Gasteiger partial charge in [0.1, 0.15) is 6.54 Å². The fourth-order valence-electron chi connectivity index (χ4n) is 2.61. The van der Waals surface area contributed by atoms with Crippen molar-refractivity contribution >= 4 is 5.91 Å². The molecule has 3 N–H and O–H groups in total. The Morgan fingerprint density at radius 2 is 2.15 bits per heavy atom. The van der Waals surface area contributed by atoms with Gasteiger partial charge in [0, 0.05) is 6.04 Å². The lowest BCUT2D eigenvalue weighted by Gasteiger charge is -2.15. The largest absolute Gasteiger partial charge is 0.352 e. The summed E-state index contributed by atoms with van der Waals surface area (Å²) in [4.78, 5) is 12.0. The third-order valence-corrected chi connectivity index (χ3v) is 3.90. The maximum absolute atomic E-state index is 12.0. The molecule has 0 bridgehead atoms. The number of nitrogens with zero attached hydrogens (tertiary/aromatic N) is 3. The van der Waals surface area contributed by atoms with Crippen LogP contribution in [0.1, 0.15) is 63.6 Å². The van der Waals surface area contributed by atoms with E-state index >= 15 is 0 Å². The van der Waals surface area contributed by atoms with Gasteiger partial charge in [-0.25, -0.2) is 4.68 Å². The highest BCUT2D eigenvalue weighted by molar-refractivity contribution is 5.75. The summed E-state index contributed by atoms with van der Waals surface area (Å²) in [6.07, 6.45) is 9.76. The standard InChI is InChI=1S/C14H25N5O/c1-2-12(15)13-9-19(18-17-13)10-14(20)16-11-7-5-3-4-6-8-11/h9,11-12H,2-8,10,15H2,1H3,(H,16,20). The second kappa shape index (κ2) is 7.38. The molecule has 112 valence electrons. The van der Waals surface area contributed by atoms with E-state index in [4.69, 9.17) is 5.73 Å². The topological polar surface area (TPSA) is 85.8 Å². The van der Waals surface area contributed by atoms with Gasteiger partial charge in [-0.1, -0.05) is 37.8 Å². The molecule has 0 saturated heterocycles. The van der Waals surface area contributed by atoms with Crippen molar-refractivity contribution in [2.24, 2.45) is 5.73 Å². The predicted molar refractivity (Wildman–Crippen MR) is 76.9 cm³/mol. The van der Waals surface area contributed by atoms with E-state index in [1.165, 1.54) is 25.7 Å². The molecule has 0 aromatic carbocycles. The van der Waals surface area contributed by atoms with Gasteiger partial charge in [0.2, 0.25) is 5.91 Å². The van der Waals surface area contributed by atoms with Gasteiger partial charge < -0.3 is 11.1 Å². The summed E-state index contributed by atoms with van der Waals surface area (Å²) in [5.74, 6) is 0.0124. The van der Waals surface area contributed by atoms with Gasteiger partial charge >= 0.3 is 0 Å². The first-order valence-electron chi connectivity index (χ1n) is 7.64. The molecule has 1 saturated carbocycles. The van der Waals surface area contributed by atoms with Crippen molar-refractivity contribution in [3.63, 3.8) is 0 Å². The quantitative estimate of drug-likeness (QED) is 0.800. The monoisotopic (exact) mass is 279 g/mol. The predicted octanol–water partition coefficient (Wildman–Crippen LogP) is 1.53. The van der Waals surface area contributed by atoms with Crippen LogP contribution in [-0.4, -0.2) is 26.9 Å². The van der Waals surface area contributed by atoms with E-state index in [1.54, 1.807) is 10.9 Å². The molecule has 1 heterocycles. The molecule has 0 spiro atoms. The maximum Gasteiger partial charge on any atom is 0.242 e. The van der Waals surface area contributed by atoms with Gasteiger partial charge in [-0.3, -0.25) is 4.79 Å². The van der Waals surface area contributed by atoms with E-state index in [2.05, 4.69) is 15.6 Å². The van der Waals surface area contributed by atoms with E-state index in [1.807, 2.05) is 6.92 Å². The van der Waals surface area contributed by atoms with Crippen LogP contribution in [0.3, 0.4) is 0 Å². The average Bonchev–Trinajstić information content (AvgIpc) is 2.74. The van der Waals surface area contributed by atoms with E-state index in [-0.39, 0.29) is 18.5 Å². The summed E-state index contributed by atoms with van der Waals surface area (Å²) in [6.45, 7) is 2.22. The lowest BCUT2D eigenvalue weighted by molar-refractivity contribution is -0.122. The number of nitrogens with two attached hydrogens (primary N) is 1. The minimum absolute atomic E-state index is 0.0124. The molecule has 20 heavy (non-hydrogen) atoms. The Morgan fingerprint density at radius 3 is 2.80 bits per heavy atom. The minimum atomic E-state index is -0.103. The summed E-state index contributed by atoms with van der Waals surface area (Å²) < 4.78 is 1.57. The van der Waals surface area contributed by atoms with Gasteiger partial charge in [-0.05, 0) is 19.3 Å². The van der Waals surface area contributed by atoms with E-state index < -0.39 is 0 Å². The fraction of sp³-hybridized carbons (Fsp3) is 0.786. The Morgan fingerprint density at radius 1 is 1.45 bits per heavy atom. The molecule has 1 amide bonds. The smallest absolute Gasteiger partial charge is 0.242 e. The van der Waals surface area contributed by atoms with Crippen LogP contribution < -0.4 is 11.1 Å². The Balaban J connectivity index is 1.82. The Labute approximate surface area is 120 Å². The van der Waals surface area contributed by atoms with Crippen LogP contribution in [0.4, 0.5) is 0 Å². The molecule has 1 aromatic heterocycles. The first kappa shape index (κ1) is 15.0. The minimum Gasteiger partial charge on any atom is -0.352 e. The van der Waals surface area contributed by atoms with Crippen molar-refractivity contribution < 1.29 is 4.79 Å². The highest BCUT2D eigenvalue weighted by Crippen LogP contribution is 2.17. The van der Waals surface area contributed by atoms with Crippen LogP contribution in [0.25, 0.3) is 0 Å².